The standard InChI is InChI=1S/C11H12ClN5O/c1-18-8-4-2-3-7(5-8)6-14-11-16-9(12)15-10(13)17-11/h2-5H,6H2,1H3,(H3,13,14,15,16,17). The van der Waals surface area contributed by atoms with Gasteiger partial charge in [-0.3, -0.25) is 0 Å². The zero-order valence-electron chi connectivity index (χ0n) is 9.72. The monoisotopic (exact) mass is 265 g/mol. The van der Waals surface area contributed by atoms with Crippen LogP contribution in [0.15, 0.2) is 24.3 Å². The van der Waals surface area contributed by atoms with E-state index < -0.39 is 0 Å². The Morgan fingerprint density at radius 3 is 2.89 bits per heavy atom. The van der Waals surface area contributed by atoms with E-state index in [1.807, 2.05) is 24.3 Å². The van der Waals surface area contributed by atoms with Crippen LogP contribution in [-0.4, -0.2) is 22.1 Å². The van der Waals surface area contributed by atoms with Crippen molar-refractivity contribution in [3.8, 4) is 5.75 Å². The van der Waals surface area contributed by atoms with Crippen LogP contribution in [0.2, 0.25) is 5.28 Å². The molecule has 1 aromatic heterocycles. The lowest BCUT2D eigenvalue weighted by molar-refractivity contribution is 0.414. The number of halogens is 1. The van der Waals surface area contributed by atoms with Crippen molar-refractivity contribution in [3.63, 3.8) is 0 Å². The van der Waals surface area contributed by atoms with Gasteiger partial charge in [0.15, 0.2) is 0 Å². The molecule has 0 saturated heterocycles. The van der Waals surface area contributed by atoms with E-state index in [0.29, 0.717) is 12.5 Å². The van der Waals surface area contributed by atoms with Crippen LogP contribution < -0.4 is 15.8 Å². The number of aromatic nitrogens is 3. The SMILES string of the molecule is COc1cccc(CNc2nc(N)nc(Cl)n2)c1. The third kappa shape index (κ3) is 3.21. The fraction of sp³-hybridized carbons (Fsp3) is 0.182. The molecule has 18 heavy (non-hydrogen) atoms. The molecule has 7 heteroatoms. The number of ether oxygens (including phenoxy) is 1. The minimum Gasteiger partial charge on any atom is -0.497 e. The summed E-state index contributed by atoms with van der Waals surface area (Å²) in [6.45, 7) is 0.539. The van der Waals surface area contributed by atoms with Gasteiger partial charge in [0.1, 0.15) is 5.75 Å². The zero-order chi connectivity index (χ0) is 13.0. The number of rotatable bonds is 4. The number of methoxy groups -OCH3 is 1. The first kappa shape index (κ1) is 12.4. The Labute approximate surface area is 109 Å². The first-order valence-electron chi connectivity index (χ1n) is 5.21. The van der Waals surface area contributed by atoms with Crippen LogP contribution in [0.5, 0.6) is 5.75 Å². The topological polar surface area (TPSA) is 86.0 Å². The summed E-state index contributed by atoms with van der Waals surface area (Å²) in [5.41, 5.74) is 6.50. The van der Waals surface area contributed by atoms with Gasteiger partial charge in [-0.05, 0) is 29.3 Å². The van der Waals surface area contributed by atoms with Gasteiger partial charge in [-0.2, -0.15) is 15.0 Å². The number of nitrogens with two attached hydrogens (primary N) is 1. The van der Waals surface area contributed by atoms with Gasteiger partial charge in [0.25, 0.3) is 0 Å². The highest BCUT2D eigenvalue weighted by Gasteiger charge is 2.02. The Balaban J connectivity index is 2.06. The highest BCUT2D eigenvalue weighted by Crippen LogP contribution is 2.14. The smallest absolute Gasteiger partial charge is 0.229 e. The highest BCUT2D eigenvalue weighted by molar-refractivity contribution is 6.28. The average Bonchev–Trinajstić information content (AvgIpc) is 2.35. The van der Waals surface area contributed by atoms with E-state index in [1.165, 1.54) is 0 Å². The molecule has 0 radical (unpaired) electrons. The Bertz CT molecular complexity index is 528. The molecule has 0 saturated carbocycles. The van der Waals surface area contributed by atoms with Crippen LogP contribution in [0.1, 0.15) is 5.56 Å². The molecule has 0 amide bonds. The second-order valence-electron chi connectivity index (χ2n) is 3.49. The van der Waals surface area contributed by atoms with Gasteiger partial charge in [-0.15, -0.1) is 0 Å². The Morgan fingerprint density at radius 2 is 2.17 bits per heavy atom. The molecular formula is C11H12ClN5O. The second kappa shape index (κ2) is 5.50. The number of benzene rings is 1. The van der Waals surface area contributed by atoms with Crippen LogP contribution in [0.4, 0.5) is 11.9 Å². The lowest BCUT2D eigenvalue weighted by Crippen LogP contribution is -2.07. The largest absolute Gasteiger partial charge is 0.497 e. The van der Waals surface area contributed by atoms with Crippen molar-refractivity contribution in [2.75, 3.05) is 18.2 Å². The van der Waals surface area contributed by atoms with Gasteiger partial charge in [0.2, 0.25) is 17.2 Å². The Morgan fingerprint density at radius 1 is 1.33 bits per heavy atom. The fourth-order valence-electron chi connectivity index (χ4n) is 1.41. The van der Waals surface area contributed by atoms with Crippen molar-refractivity contribution < 1.29 is 4.74 Å². The summed E-state index contributed by atoms with van der Waals surface area (Å²) in [4.78, 5) is 11.5. The van der Waals surface area contributed by atoms with Gasteiger partial charge in [-0.1, -0.05) is 12.1 Å². The third-order valence-corrected chi connectivity index (χ3v) is 2.38. The molecule has 0 aliphatic heterocycles. The molecule has 1 heterocycles. The minimum atomic E-state index is 0.0654. The molecular weight excluding hydrogens is 254 g/mol. The first-order chi connectivity index (χ1) is 8.67. The van der Waals surface area contributed by atoms with Crippen LogP contribution >= 0.6 is 11.6 Å². The summed E-state index contributed by atoms with van der Waals surface area (Å²) in [5, 5.41) is 3.08. The molecule has 3 N–H and O–H groups in total. The molecule has 0 atom stereocenters. The molecule has 94 valence electrons. The summed E-state index contributed by atoms with van der Waals surface area (Å²) >= 11 is 5.68. The van der Waals surface area contributed by atoms with E-state index in [0.717, 1.165) is 11.3 Å². The number of anilines is 2. The predicted molar refractivity (Wildman–Crippen MR) is 69.6 cm³/mol. The van der Waals surface area contributed by atoms with Crippen molar-refractivity contribution in [1.82, 2.24) is 15.0 Å². The van der Waals surface area contributed by atoms with Crippen molar-refractivity contribution >= 4 is 23.5 Å². The number of hydrogen-bond acceptors (Lipinski definition) is 6. The Kier molecular flexibility index (Phi) is 3.78. The van der Waals surface area contributed by atoms with Gasteiger partial charge < -0.3 is 15.8 Å². The Hall–Kier alpha value is -2.08. The number of nitrogens with zero attached hydrogens (tertiary/aromatic N) is 3. The number of nitrogens with one attached hydrogen (secondary N) is 1. The maximum Gasteiger partial charge on any atom is 0.229 e. The van der Waals surface area contributed by atoms with E-state index in [4.69, 9.17) is 22.1 Å². The number of hydrogen-bond donors (Lipinski definition) is 2. The molecule has 1 aromatic carbocycles. The van der Waals surface area contributed by atoms with Gasteiger partial charge >= 0.3 is 0 Å². The number of nitrogen functional groups attached to an aromatic ring is 1. The lowest BCUT2D eigenvalue weighted by atomic mass is 10.2. The second-order valence-corrected chi connectivity index (χ2v) is 3.83. The molecule has 6 nitrogen and oxygen atoms in total. The minimum absolute atomic E-state index is 0.0654. The first-order valence-corrected chi connectivity index (χ1v) is 5.59. The third-order valence-electron chi connectivity index (χ3n) is 2.21. The molecule has 0 fully saturated rings. The maximum absolute atomic E-state index is 5.68. The lowest BCUT2D eigenvalue weighted by Gasteiger charge is -2.06. The summed E-state index contributed by atoms with van der Waals surface area (Å²) in [6.07, 6.45) is 0. The van der Waals surface area contributed by atoms with E-state index in [2.05, 4.69) is 20.3 Å². The van der Waals surface area contributed by atoms with Crippen LogP contribution in [0, 0.1) is 0 Å². The highest BCUT2D eigenvalue weighted by atomic mass is 35.5. The van der Waals surface area contributed by atoms with Gasteiger partial charge in [0, 0.05) is 6.54 Å². The molecule has 2 aromatic rings. The van der Waals surface area contributed by atoms with Crippen molar-refractivity contribution in [2.45, 2.75) is 6.54 Å². The van der Waals surface area contributed by atoms with Crippen molar-refractivity contribution in [1.29, 1.82) is 0 Å². The normalized spacial score (nSPS) is 10.1. The molecule has 0 aliphatic carbocycles. The van der Waals surface area contributed by atoms with Crippen LogP contribution in [0.3, 0.4) is 0 Å². The van der Waals surface area contributed by atoms with Crippen molar-refractivity contribution in [3.05, 3.63) is 35.1 Å². The summed E-state index contributed by atoms with van der Waals surface area (Å²) < 4.78 is 5.13. The quantitative estimate of drug-likeness (QED) is 0.876. The van der Waals surface area contributed by atoms with Crippen LogP contribution in [-0.2, 0) is 6.54 Å². The maximum atomic E-state index is 5.68. The van der Waals surface area contributed by atoms with Crippen molar-refractivity contribution in [2.24, 2.45) is 0 Å². The molecule has 2 rings (SSSR count). The van der Waals surface area contributed by atoms with E-state index in [9.17, 15) is 0 Å². The summed E-state index contributed by atoms with van der Waals surface area (Å²) in [7, 11) is 1.62. The van der Waals surface area contributed by atoms with Gasteiger partial charge in [0.05, 0.1) is 7.11 Å². The molecule has 0 aliphatic rings. The molecule has 0 unspecified atom stereocenters. The summed E-state index contributed by atoms with van der Waals surface area (Å²) in [6, 6.07) is 7.66. The predicted octanol–water partition coefficient (Wildman–Crippen LogP) is 1.73. The molecule has 0 spiro atoms. The van der Waals surface area contributed by atoms with Crippen LogP contribution in [0.25, 0.3) is 0 Å². The molecule has 0 bridgehead atoms. The van der Waals surface area contributed by atoms with E-state index in [1.54, 1.807) is 7.11 Å². The summed E-state index contributed by atoms with van der Waals surface area (Å²) in [5.74, 6) is 1.22. The zero-order valence-corrected chi connectivity index (χ0v) is 10.5. The van der Waals surface area contributed by atoms with E-state index >= 15 is 0 Å². The van der Waals surface area contributed by atoms with Gasteiger partial charge in [-0.25, -0.2) is 0 Å². The fourth-order valence-corrected chi connectivity index (χ4v) is 1.57. The average molecular weight is 266 g/mol. The van der Waals surface area contributed by atoms with E-state index in [-0.39, 0.29) is 11.2 Å².